The van der Waals surface area contributed by atoms with Crippen molar-refractivity contribution < 1.29 is 27.1 Å². The Kier molecular flexibility index (Phi) is 5.40. The van der Waals surface area contributed by atoms with Crippen LogP contribution < -0.4 is 5.32 Å². The van der Waals surface area contributed by atoms with Crippen molar-refractivity contribution in [2.75, 3.05) is 0 Å². The van der Waals surface area contributed by atoms with Gasteiger partial charge in [0.05, 0.1) is 24.8 Å². The zero-order chi connectivity index (χ0) is 19.6. The minimum atomic E-state index is -4.67. The number of rotatable bonds is 4. The van der Waals surface area contributed by atoms with E-state index >= 15 is 0 Å². The summed E-state index contributed by atoms with van der Waals surface area (Å²) < 4.78 is 56.4. The Morgan fingerprint density at radius 1 is 1.26 bits per heavy atom. The lowest BCUT2D eigenvalue weighted by Gasteiger charge is -2.29. The van der Waals surface area contributed by atoms with E-state index in [2.05, 4.69) is 25.0 Å². The first-order valence-electron chi connectivity index (χ1n) is 8.27. The van der Waals surface area contributed by atoms with E-state index in [9.17, 15) is 22.4 Å². The predicted molar refractivity (Wildman–Crippen MR) is 84.8 cm³/mol. The molecule has 0 saturated heterocycles. The molecule has 2 heterocycles. The number of aromatic nitrogens is 4. The highest BCUT2D eigenvalue weighted by Gasteiger charge is 2.35. The molecule has 1 aliphatic rings. The standard InChI is InChI=1S/C16H17F4N5O2/c1-25-8-21-7-12(25)14-22-6-11(17)13(24-14)15(26)23-9-2-4-10(5-3-9)27-16(18,19)20/h6-10H,2-5H2,1H3,(H,23,26). The number of carbonyl (C=O) groups is 1. The number of nitrogens with one attached hydrogen (secondary N) is 1. The van der Waals surface area contributed by atoms with Crippen LogP contribution in [0.15, 0.2) is 18.7 Å². The fourth-order valence-electron chi connectivity index (χ4n) is 2.99. The molecule has 11 heteroatoms. The van der Waals surface area contributed by atoms with Crippen LogP contribution in [0.3, 0.4) is 0 Å². The zero-order valence-corrected chi connectivity index (χ0v) is 14.3. The summed E-state index contributed by atoms with van der Waals surface area (Å²) >= 11 is 0. The first-order chi connectivity index (χ1) is 12.7. The van der Waals surface area contributed by atoms with Crippen LogP contribution in [0.5, 0.6) is 0 Å². The number of hydrogen-bond acceptors (Lipinski definition) is 5. The largest absolute Gasteiger partial charge is 0.522 e. The van der Waals surface area contributed by atoms with Gasteiger partial charge in [-0.25, -0.2) is 19.3 Å². The highest BCUT2D eigenvalue weighted by Crippen LogP contribution is 2.28. The predicted octanol–water partition coefficient (Wildman–Crippen LogP) is 2.59. The molecule has 0 bridgehead atoms. The van der Waals surface area contributed by atoms with Crippen molar-refractivity contribution in [1.29, 1.82) is 0 Å². The van der Waals surface area contributed by atoms with Gasteiger partial charge < -0.3 is 9.88 Å². The average Bonchev–Trinajstić information content (AvgIpc) is 3.02. The van der Waals surface area contributed by atoms with Crippen LogP contribution >= 0.6 is 0 Å². The van der Waals surface area contributed by atoms with Gasteiger partial charge in [-0.2, -0.15) is 0 Å². The molecule has 0 atom stereocenters. The van der Waals surface area contributed by atoms with E-state index in [0.29, 0.717) is 18.5 Å². The van der Waals surface area contributed by atoms with E-state index in [-0.39, 0.29) is 24.7 Å². The highest BCUT2D eigenvalue weighted by molar-refractivity contribution is 5.93. The fraction of sp³-hybridized carbons (Fsp3) is 0.500. The summed E-state index contributed by atoms with van der Waals surface area (Å²) in [7, 11) is 1.70. The van der Waals surface area contributed by atoms with E-state index in [0.717, 1.165) is 6.20 Å². The van der Waals surface area contributed by atoms with E-state index < -0.39 is 29.9 Å². The minimum Gasteiger partial charge on any atom is -0.348 e. The van der Waals surface area contributed by atoms with E-state index in [1.165, 1.54) is 12.5 Å². The Morgan fingerprint density at radius 3 is 2.56 bits per heavy atom. The van der Waals surface area contributed by atoms with Gasteiger partial charge in [-0.1, -0.05) is 0 Å². The lowest BCUT2D eigenvalue weighted by atomic mass is 9.93. The van der Waals surface area contributed by atoms with Crippen LogP contribution in [0.4, 0.5) is 17.6 Å². The van der Waals surface area contributed by atoms with Gasteiger partial charge in [0.1, 0.15) is 5.69 Å². The summed E-state index contributed by atoms with van der Waals surface area (Å²) in [5.74, 6) is -1.48. The molecule has 146 valence electrons. The van der Waals surface area contributed by atoms with Gasteiger partial charge in [0, 0.05) is 13.1 Å². The number of alkyl halides is 3. The number of aryl methyl sites for hydroxylation is 1. The Bertz CT molecular complexity index is 815. The maximum Gasteiger partial charge on any atom is 0.522 e. The molecule has 3 rings (SSSR count). The molecule has 0 aromatic carbocycles. The van der Waals surface area contributed by atoms with Gasteiger partial charge >= 0.3 is 6.36 Å². The van der Waals surface area contributed by atoms with Crippen LogP contribution in [0.2, 0.25) is 0 Å². The highest BCUT2D eigenvalue weighted by atomic mass is 19.4. The Labute approximate surface area is 151 Å². The molecule has 1 fully saturated rings. The number of halogens is 4. The van der Waals surface area contributed by atoms with Crippen molar-refractivity contribution in [3.8, 4) is 11.5 Å². The molecule has 0 aliphatic heterocycles. The summed E-state index contributed by atoms with van der Waals surface area (Å²) in [6, 6.07) is -0.375. The second-order valence-corrected chi connectivity index (χ2v) is 6.29. The number of ether oxygens (including phenoxy) is 1. The summed E-state index contributed by atoms with van der Waals surface area (Å²) in [5.41, 5.74) is 0.0868. The number of imidazole rings is 1. The number of carbonyl (C=O) groups excluding carboxylic acids is 1. The van der Waals surface area contributed by atoms with E-state index in [4.69, 9.17) is 0 Å². The second-order valence-electron chi connectivity index (χ2n) is 6.29. The SMILES string of the molecule is Cn1cncc1-c1ncc(F)c(C(=O)NC2CCC(OC(F)(F)F)CC2)n1. The van der Waals surface area contributed by atoms with E-state index in [1.54, 1.807) is 11.6 Å². The van der Waals surface area contributed by atoms with Crippen molar-refractivity contribution in [2.24, 2.45) is 7.05 Å². The maximum absolute atomic E-state index is 14.0. The molecule has 7 nitrogen and oxygen atoms in total. The van der Waals surface area contributed by atoms with Gasteiger partial charge in [-0.15, -0.1) is 13.2 Å². The minimum absolute atomic E-state index is 0.142. The average molecular weight is 387 g/mol. The third kappa shape index (κ3) is 4.79. The molecule has 2 aromatic heterocycles. The van der Waals surface area contributed by atoms with E-state index in [1.807, 2.05) is 0 Å². The summed E-state index contributed by atoms with van der Waals surface area (Å²) in [6.45, 7) is 0. The number of hydrogen-bond donors (Lipinski definition) is 1. The molecule has 0 spiro atoms. The molecule has 0 unspecified atom stereocenters. The molecule has 27 heavy (non-hydrogen) atoms. The third-order valence-corrected chi connectivity index (χ3v) is 4.31. The van der Waals surface area contributed by atoms with Crippen LogP contribution in [-0.2, 0) is 11.8 Å². The van der Waals surface area contributed by atoms with Crippen molar-refractivity contribution in [3.63, 3.8) is 0 Å². The smallest absolute Gasteiger partial charge is 0.348 e. The van der Waals surface area contributed by atoms with Gasteiger partial charge in [0.25, 0.3) is 5.91 Å². The molecule has 2 aromatic rings. The van der Waals surface area contributed by atoms with Gasteiger partial charge in [0.2, 0.25) is 0 Å². The molecule has 1 aliphatic carbocycles. The van der Waals surface area contributed by atoms with Crippen molar-refractivity contribution >= 4 is 5.91 Å². The normalized spacial score (nSPS) is 20.5. The van der Waals surface area contributed by atoms with Crippen LogP contribution in [0.1, 0.15) is 36.2 Å². The molecular formula is C16H17F4N5O2. The summed E-state index contributed by atoms with van der Waals surface area (Å²) in [4.78, 5) is 24.1. The van der Waals surface area contributed by atoms with Crippen LogP contribution in [-0.4, -0.2) is 43.9 Å². The third-order valence-electron chi connectivity index (χ3n) is 4.31. The molecular weight excluding hydrogens is 370 g/mol. The first-order valence-corrected chi connectivity index (χ1v) is 8.27. The number of amides is 1. The second kappa shape index (κ2) is 7.59. The quantitative estimate of drug-likeness (QED) is 0.816. The Hall–Kier alpha value is -2.56. The molecule has 1 N–H and O–H groups in total. The van der Waals surface area contributed by atoms with Crippen molar-refractivity contribution in [1.82, 2.24) is 24.8 Å². The molecule has 1 amide bonds. The molecule has 0 radical (unpaired) electrons. The van der Waals surface area contributed by atoms with Gasteiger partial charge in [0.15, 0.2) is 17.3 Å². The Balaban J connectivity index is 1.64. The summed E-state index contributed by atoms with van der Waals surface area (Å²) in [6.07, 6.45) is -0.800. The van der Waals surface area contributed by atoms with Crippen molar-refractivity contribution in [3.05, 3.63) is 30.2 Å². The topological polar surface area (TPSA) is 81.9 Å². The number of nitrogens with zero attached hydrogens (tertiary/aromatic N) is 4. The first kappa shape index (κ1) is 19.2. The van der Waals surface area contributed by atoms with Crippen LogP contribution in [0.25, 0.3) is 11.5 Å². The zero-order valence-electron chi connectivity index (χ0n) is 14.3. The lowest BCUT2D eigenvalue weighted by molar-refractivity contribution is -0.345. The lowest BCUT2D eigenvalue weighted by Crippen LogP contribution is -2.40. The summed E-state index contributed by atoms with van der Waals surface area (Å²) in [5, 5.41) is 2.62. The van der Waals surface area contributed by atoms with Crippen LogP contribution in [0, 0.1) is 5.82 Å². The fourth-order valence-corrected chi connectivity index (χ4v) is 2.99. The molecule has 1 saturated carbocycles. The monoisotopic (exact) mass is 387 g/mol. The van der Waals surface area contributed by atoms with Crippen molar-refractivity contribution in [2.45, 2.75) is 44.2 Å². The van der Waals surface area contributed by atoms with Gasteiger partial charge in [-0.05, 0) is 25.7 Å². The maximum atomic E-state index is 14.0. The Morgan fingerprint density at radius 2 is 1.96 bits per heavy atom. The van der Waals surface area contributed by atoms with Gasteiger partial charge in [-0.3, -0.25) is 9.53 Å².